The number of pyridine rings is 1. The molecule has 1 unspecified atom stereocenters. The highest BCUT2D eigenvalue weighted by molar-refractivity contribution is 5.93. The number of nitrogens with zero attached hydrogens (tertiary/aromatic N) is 2. The van der Waals surface area contributed by atoms with Crippen molar-refractivity contribution < 1.29 is 18.7 Å². The van der Waals surface area contributed by atoms with Crippen molar-refractivity contribution in [2.75, 3.05) is 13.2 Å². The molecule has 1 fully saturated rings. The van der Waals surface area contributed by atoms with Gasteiger partial charge in [0, 0.05) is 30.9 Å². The van der Waals surface area contributed by atoms with Crippen LogP contribution in [0.4, 0.5) is 4.39 Å². The van der Waals surface area contributed by atoms with E-state index in [0.29, 0.717) is 18.1 Å². The lowest BCUT2D eigenvalue weighted by atomic mass is 10.2. The largest absolute Gasteiger partial charge is 0.491 e. The van der Waals surface area contributed by atoms with Crippen LogP contribution < -0.4 is 10.1 Å². The minimum Gasteiger partial charge on any atom is -0.491 e. The summed E-state index contributed by atoms with van der Waals surface area (Å²) in [5.74, 6) is -0.217. The first kappa shape index (κ1) is 17.8. The number of halogens is 1. The number of amides is 1. The van der Waals surface area contributed by atoms with Gasteiger partial charge < -0.3 is 14.8 Å². The number of ether oxygens (including phenoxy) is 2. The van der Waals surface area contributed by atoms with E-state index in [1.54, 1.807) is 13.0 Å². The Balaban J connectivity index is 2.07. The summed E-state index contributed by atoms with van der Waals surface area (Å²) in [6.07, 6.45) is 3.58. The van der Waals surface area contributed by atoms with Crippen LogP contribution in [0.3, 0.4) is 0 Å². The van der Waals surface area contributed by atoms with Gasteiger partial charge in [0.1, 0.15) is 23.9 Å². The second-order valence-electron chi connectivity index (χ2n) is 5.34. The molecule has 1 aliphatic rings. The highest BCUT2D eigenvalue weighted by Crippen LogP contribution is 2.17. The molecule has 1 N–H and O–H groups in total. The van der Waals surface area contributed by atoms with Gasteiger partial charge in [0.2, 0.25) is 0 Å². The molecule has 7 heteroatoms. The number of aromatic nitrogens is 1. The first-order chi connectivity index (χ1) is 11.5. The molecule has 2 heterocycles. The Morgan fingerprint density at radius 2 is 2.33 bits per heavy atom. The lowest BCUT2D eigenvalue weighted by Gasteiger charge is -2.26. The van der Waals surface area contributed by atoms with E-state index in [0.717, 1.165) is 13.0 Å². The van der Waals surface area contributed by atoms with Crippen LogP contribution in [0.1, 0.15) is 29.5 Å². The zero-order valence-corrected chi connectivity index (χ0v) is 13.7. The van der Waals surface area contributed by atoms with E-state index < -0.39 is 11.7 Å². The Kier molecular flexibility index (Phi) is 6.20. The summed E-state index contributed by atoms with van der Waals surface area (Å²) in [7, 11) is 0. The Labute approximate surface area is 140 Å². The fourth-order valence-corrected chi connectivity index (χ4v) is 1.95. The quantitative estimate of drug-likeness (QED) is 0.615. The maximum atomic E-state index is 12.8. The summed E-state index contributed by atoms with van der Waals surface area (Å²) in [6.45, 7) is 7.59. The second kappa shape index (κ2) is 8.35. The molecule has 1 aromatic rings. The molecule has 0 saturated carbocycles. The van der Waals surface area contributed by atoms with Gasteiger partial charge in [-0.3, -0.25) is 4.79 Å². The zero-order chi connectivity index (χ0) is 17.5. The molecule has 0 spiro atoms. The Morgan fingerprint density at radius 1 is 1.58 bits per heavy atom. The lowest BCUT2D eigenvalue weighted by Crippen LogP contribution is -2.32. The molecule has 2 rings (SSSR count). The van der Waals surface area contributed by atoms with Gasteiger partial charge in [0.05, 0.1) is 11.9 Å². The fraction of sp³-hybridized carbons (Fsp3) is 0.353. The number of rotatable bonds is 7. The van der Waals surface area contributed by atoms with Gasteiger partial charge in [-0.2, -0.15) is 0 Å². The van der Waals surface area contributed by atoms with E-state index in [1.807, 2.05) is 0 Å². The molecule has 0 bridgehead atoms. The predicted octanol–water partition coefficient (Wildman–Crippen LogP) is 2.70. The van der Waals surface area contributed by atoms with Crippen molar-refractivity contribution >= 4 is 12.6 Å². The van der Waals surface area contributed by atoms with Crippen LogP contribution >= 0.6 is 0 Å². The average molecular weight is 333 g/mol. The molecule has 0 aromatic carbocycles. The molecule has 128 valence electrons. The summed E-state index contributed by atoms with van der Waals surface area (Å²) in [4.78, 5) is 20.1. The second-order valence-corrected chi connectivity index (χ2v) is 5.34. The number of hydrogen-bond acceptors (Lipinski definition) is 5. The van der Waals surface area contributed by atoms with Gasteiger partial charge in [0.25, 0.3) is 5.91 Å². The number of aryl methyl sites for hydroxylation is 1. The Bertz CT molecular complexity index is 678. The minimum atomic E-state index is -0.480. The number of nitrogens with one attached hydrogen (secondary N) is 1. The number of carbonyl (C=O) groups excluding carboxylic acids is 1. The van der Waals surface area contributed by atoms with E-state index in [4.69, 9.17) is 9.47 Å². The van der Waals surface area contributed by atoms with Crippen molar-refractivity contribution in [3.63, 3.8) is 0 Å². The number of hydrogen-bond donors (Lipinski definition) is 1. The monoisotopic (exact) mass is 333 g/mol. The van der Waals surface area contributed by atoms with Crippen LogP contribution in [0, 0.1) is 6.92 Å². The van der Waals surface area contributed by atoms with E-state index in [2.05, 4.69) is 22.0 Å². The summed E-state index contributed by atoms with van der Waals surface area (Å²) in [6, 6.07) is 3.28. The van der Waals surface area contributed by atoms with Crippen molar-refractivity contribution in [3.05, 3.63) is 47.3 Å². The topological polar surface area (TPSA) is 72.8 Å². The lowest BCUT2D eigenvalue weighted by molar-refractivity contribution is -0.0721. The Hall–Kier alpha value is -2.54. The predicted molar refractivity (Wildman–Crippen MR) is 88.8 cm³/mol. The first-order valence-corrected chi connectivity index (χ1v) is 7.53. The maximum absolute atomic E-state index is 12.8. The van der Waals surface area contributed by atoms with Crippen molar-refractivity contribution in [1.82, 2.24) is 10.3 Å². The maximum Gasteiger partial charge on any atom is 0.275 e. The molecule has 0 radical (unpaired) electrons. The molecule has 1 aromatic heterocycles. The van der Waals surface area contributed by atoms with Crippen LogP contribution in [-0.4, -0.2) is 36.9 Å². The number of allylic oxidation sites excluding steroid dienone is 3. The first-order valence-electron chi connectivity index (χ1n) is 7.53. The molecule has 1 saturated heterocycles. The molecule has 24 heavy (non-hydrogen) atoms. The average Bonchev–Trinajstić information content (AvgIpc) is 2.49. The molecule has 1 aliphatic heterocycles. The SMILES string of the molecule is C=N/C(=C\C=C(/C)F)NC(=O)c1cc(OCC2CCO2)cc(C)n1. The van der Waals surface area contributed by atoms with Crippen LogP contribution in [-0.2, 0) is 4.74 Å². The van der Waals surface area contributed by atoms with Crippen LogP contribution in [0.2, 0.25) is 0 Å². The van der Waals surface area contributed by atoms with Gasteiger partial charge >= 0.3 is 0 Å². The highest BCUT2D eigenvalue weighted by Gasteiger charge is 2.19. The molecule has 1 atom stereocenters. The fourth-order valence-electron chi connectivity index (χ4n) is 1.95. The summed E-state index contributed by atoms with van der Waals surface area (Å²) in [5.41, 5.74) is 0.818. The van der Waals surface area contributed by atoms with Crippen molar-refractivity contribution in [2.24, 2.45) is 4.99 Å². The molecule has 1 amide bonds. The standard InChI is InChI=1S/C17H20FN3O3/c1-11(18)4-5-16(19-3)21-17(22)15-9-14(8-12(2)20-15)24-10-13-6-7-23-13/h4-5,8-9,13H,3,6-7,10H2,1-2H3,(H,21,22)/b11-4+,16-5+. The van der Waals surface area contributed by atoms with E-state index >= 15 is 0 Å². The molecule has 0 aliphatic carbocycles. The summed E-state index contributed by atoms with van der Waals surface area (Å²) in [5, 5.41) is 2.52. The number of carbonyl (C=O) groups is 1. The third-order valence-electron chi connectivity index (χ3n) is 3.27. The summed E-state index contributed by atoms with van der Waals surface area (Å²) >= 11 is 0. The van der Waals surface area contributed by atoms with E-state index in [1.165, 1.54) is 25.1 Å². The molecular weight excluding hydrogens is 313 g/mol. The third kappa shape index (κ3) is 5.27. The Morgan fingerprint density at radius 3 is 2.92 bits per heavy atom. The zero-order valence-electron chi connectivity index (χ0n) is 13.7. The third-order valence-corrected chi connectivity index (χ3v) is 3.27. The van der Waals surface area contributed by atoms with E-state index in [9.17, 15) is 9.18 Å². The van der Waals surface area contributed by atoms with Gasteiger partial charge in [-0.15, -0.1) is 0 Å². The van der Waals surface area contributed by atoms with Gasteiger partial charge in [0.15, 0.2) is 0 Å². The summed E-state index contributed by atoms with van der Waals surface area (Å²) < 4.78 is 23.7. The molecular formula is C17H20FN3O3. The van der Waals surface area contributed by atoms with Gasteiger partial charge in [-0.25, -0.2) is 14.4 Å². The van der Waals surface area contributed by atoms with Gasteiger partial charge in [-0.05, 0) is 32.7 Å². The smallest absolute Gasteiger partial charge is 0.275 e. The van der Waals surface area contributed by atoms with Crippen LogP contribution in [0.5, 0.6) is 5.75 Å². The van der Waals surface area contributed by atoms with Crippen molar-refractivity contribution in [1.29, 1.82) is 0 Å². The minimum absolute atomic E-state index is 0.103. The van der Waals surface area contributed by atoms with E-state index in [-0.39, 0.29) is 17.6 Å². The highest BCUT2D eigenvalue weighted by atomic mass is 19.1. The van der Waals surface area contributed by atoms with Crippen molar-refractivity contribution in [3.8, 4) is 5.75 Å². The molecule has 6 nitrogen and oxygen atoms in total. The van der Waals surface area contributed by atoms with Gasteiger partial charge in [-0.1, -0.05) is 0 Å². The van der Waals surface area contributed by atoms with Crippen LogP contribution in [0.15, 0.2) is 40.9 Å². The van der Waals surface area contributed by atoms with Crippen LogP contribution in [0.25, 0.3) is 0 Å². The normalized spacial score (nSPS) is 17.9. The van der Waals surface area contributed by atoms with Crippen molar-refractivity contribution in [2.45, 2.75) is 26.4 Å². The number of aliphatic imine (C=N–C) groups is 1.